The molecule has 4 rings (SSSR count). The highest BCUT2D eigenvalue weighted by Crippen LogP contribution is 2.48. The van der Waals surface area contributed by atoms with Crippen LogP contribution in [0.1, 0.15) is 61.1 Å². The van der Waals surface area contributed by atoms with Crippen LogP contribution in [0.4, 0.5) is 5.82 Å². The first kappa shape index (κ1) is 39.7. The van der Waals surface area contributed by atoms with Gasteiger partial charge < -0.3 is 33.9 Å². The Morgan fingerprint density at radius 2 is 1.67 bits per heavy atom. The molecule has 6 atom stereocenters. The molecule has 3 N–H and O–H groups in total. The minimum Gasteiger partial charge on any atom is -0.461 e. The lowest BCUT2D eigenvalue weighted by molar-refractivity contribution is -0.175. The SMILES string of the molecule is COC(C)(C)COC(=O)[C@H](C)NP(=O)(OC[C@H]1O[C@@](C)(c2ccc3c(N)ncnn23)[C@H](OC(=O)C(C)C)[C@@H]1OC(=O)C(C)C)Oc1ccccc1. The van der Waals surface area contributed by atoms with Gasteiger partial charge in [0.25, 0.3) is 0 Å². The number of benzene rings is 1. The fraction of sp³-hybridized carbons (Fsp3) is 0.559. The maximum absolute atomic E-state index is 14.4. The molecule has 0 bridgehead atoms. The first-order valence-electron chi connectivity index (χ1n) is 16.6. The number of hydrogen-bond acceptors (Lipinski definition) is 14. The summed E-state index contributed by atoms with van der Waals surface area (Å²) in [5.41, 5.74) is 4.69. The Labute approximate surface area is 297 Å². The fourth-order valence-electron chi connectivity index (χ4n) is 5.07. The van der Waals surface area contributed by atoms with Crippen molar-refractivity contribution < 1.29 is 51.7 Å². The van der Waals surface area contributed by atoms with Gasteiger partial charge in [-0.15, -0.1) is 0 Å². The number of para-hydroxylation sites is 1. The van der Waals surface area contributed by atoms with E-state index >= 15 is 0 Å². The van der Waals surface area contributed by atoms with E-state index in [9.17, 15) is 18.9 Å². The van der Waals surface area contributed by atoms with Gasteiger partial charge in [-0.25, -0.2) is 14.1 Å². The standard InChI is InChI=1S/C34H48N5O11P/c1-20(2)30(40)47-27-25(49-34(8,28(27)48-31(41)21(3)4)26-16-15-24-29(35)36-19-37-39(24)26)17-46-51(43,50-23-13-11-10-12-14-23)38-22(5)32(42)45-18-33(6,7)44-9/h10-16,19-22,25,27-28H,17-18H2,1-9H3,(H,38,43)(H2,35,36,37)/t22-,25+,27+,28+,34-,51?/m0/s1. The number of ether oxygens (including phenoxy) is 5. The number of anilines is 1. The summed E-state index contributed by atoms with van der Waals surface area (Å²) in [6.45, 7) is 12.6. The Morgan fingerprint density at radius 3 is 2.29 bits per heavy atom. The number of hydrogen-bond donors (Lipinski definition) is 2. The Kier molecular flexibility index (Phi) is 12.5. The Hall–Kier alpha value is -4.08. The zero-order valence-corrected chi connectivity index (χ0v) is 31.2. The number of nitrogens with one attached hydrogen (secondary N) is 1. The van der Waals surface area contributed by atoms with Crippen LogP contribution in [0.15, 0.2) is 48.8 Å². The normalized spacial score (nSPS) is 22.5. The molecule has 1 unspecified atom stereocenters. The van der Waals surface area contributed by atoms with E-state index in [2.05, 4.69) is 15.2 Å². The van der Waals surface area contributed by atoms with Crippen molar-refractivity contribution in [3.05, 3.63) is 54.5 Å². The molecule has 0 aliphatic carbocycles. The number of carbonyl (C=O) groups excluding carboxylic acids is 3. The topological polar surface area (TPSA) is 201 Å². The average Bonchev–Trinajstić information content (AvgIpc) is 3.63. The lowest BCUT2D eigenvalue weighted by Crippen LogP contribution is -2.46. The number of methoxy groups -OCH3 is 1. The predicted molar refractivity (Wildman–Crippen MR) is 184 cm³/mol. The van der Waals surface area contributed by atoms with Crippen molar-refractivity contribution >= 4 is 37.0 Å². The zero-order chi connectivity index (χ0) is 37.7. The molecule has 0 amide bonds. The highest BCUT2D eigenvalue weighted by molar-refractivity contribution is 7.52. The molecule has 3 aromatic rings. The third-order valence-electron chi connectivity index (χ3n) is 8.23. The maximum Gasteiger partial charge on any atom is 0.459 e. The van der Waals surface area contributed by atoms with Crippen LogP contribution < -0.4 is 15.3 Å². The maximum atomic E-state index is 14.4. The molecule has 3 heterocycles. The number of nitrogen functional groups attached to an aromatic ring is 1. The average molecular weight is 734 g/mol. The number of rotatable bonds is 16. The van der Waals surface area contributed by atoms with Crippen molar-refractivity contribution in [2.24, 2.45) is 11.8 Å². The molecular weight excluding hydrogens is 685 g/mol. The number of aromatic nitrogens is 3. The molecule has 1 saturated heterocycles. The highest BCUT2D eigenvalue weighted by atomic mass is 31.2. The van der Waals surface area contributed by atoms with E-state index in [0.717, 1.165) is 0 Å². The van der Waals surface area contributed by atoms with Crippen LogP contribution in [0.2, 0.25) is 0 Å². The number of carbonyl (C=O) groups is 3. The number of nitrogens with two attached hydrogens (primary N) is 1. The minimum atomic E-state index is -4.42. The van der Waals surface area contributed by atoms with E-state index in [1.807, 2.05) is 0 Å². The van der Waals surface area contributed by atoms with Gasteiger partial charge >= 0.3 is 25.7 Å². The van der Waals surface area contributed by atoms with E-state index < -0.39 is 79.7 Å². The predicted octanol–water partition coefficient (Wildman–Crippen LogP) is 4.21. The molecule has 0 spiro atoms. The third kappa shape index (κ3) is 9.43. The van der Waals surface area contributed by atoms with Gasteiger partial charge in [0.15, 0.2) is 18.0 Å². The molecule has 1 aliphatic rings. The number of fused-ring (bicyclic) bond motifs is 1. The molecule has 2 aromatic heterocycles. The first-order chi connectivity index (χ1) is 23.9. The van der Waals surface area contributed by atoms with Crippen LogP contribution in [0.5, 0.6) is 5.75 Å². The second-order valence-corrected chi connectivity index (χ2v) is 15.3. The molecule has 16 nitrogen and oxygen atoms in total. The number of esters is 3. The van der Waals surface area contributed by atoms with Crippen molar-refractivity contribution in [1.82, 2.24) is 19.7 Å². The molecule has 280 valence electrons. The number of nitrogens with zero attached hydrogens (tertiary/aromatic N) is 3. The quantitative estimate of drug-likeness (QED) is 0.120. The molecule has 17 heteroatoms. The van der Waals surface area contributed by atoms with E-state index in [1.54, 1.807) is 90.9 Å². The summed E-state index contributed by atoms with van der Waals surface area (Å²) in [6.07, 6.45) is -2.42. The van der Waals surface area contributed by atoms with Crippen LogP contribution >= 0.6 is 7.75 Å². The molecular formula is C34H48N5O11P. The second kappa shape index (κ2) is 16.1. The van der Waals surface area contributed by atoms with Gasteiger partial charge in [0.1, 0.15) is 41.9 Å². The van der Waals surface area contributed by atoms with Crippen LogP contribution in [-0.4, -0.2) is 82.8 Å². The molecule has 0 radical (unpaired) electrons. The third-order valence-corrected chi connectivity index (χ3v) is 9.87. The largest absolute Gasteiger partial charge is 0.461 e. The van der Waals surface area contributed by atoms with Gasteiger partial charge in [-0.2, -0.15) is 10.2 Å². The van der Waals surface area contributed by atoms with Crippen molar-refractivity contribution in [2.75, 3.05) is 26.1 Å². The highest BCUT2D eigenvalue weighted by Gasteiger charge is 2.59. The van der Waals surface area contributed by atoms with E-state index in [4.69, 9.17) is 38.5 Å². The van der Waals surface area contributed by atoms with Crippen molar-refractivity contribution in [3.63, 3.8) is 0 Å². The smallest absolute Gasteiger partial charge is 0.459 e. The fourth-order valence-corrected chi connectivity index (χ4v) is 6.57. The Morgan fingerprint density at radius 1 is 1.02 bits per heavy atom. The molecule has 1 fully saturated rings. The van der Waals surface area contributed by atoms with Crippen LogP contribution in [0.25, 0.3) is 5.52 Å². The summed E-state index contributed by atoms with van der Waals surface area (Å²) >= 11 is 0. The van der Waals surface area contributed by atoms with Crippen LogP contribution in [0.3, 0.4) is 0 Å². The minimum absolute atomic E-state index is 0.0715. The lowest BCUT2D eigenvalue weighted by atomic mass is 9.92. The van der Waals surface area contributed by atoms with Gasteiger partial charge in [0, 0.05) is 7.11 Å². The molecule has 1 aromatic carbocycles. The van der Waals surface area contributed by atoms with Crippen molar-refractivity contribution in [3.8, 4) is 5.75 Å². The van der Waals surface area contributed by atoms with Crippen molar-refractivity contribution in [1.29, 1.82) is 0 Å². The monoisotopic (exact) mass is 733 g/mol. The Bertz CT molecular complexity index is 1730. The molecule has 1 aliphatic heterocycles. The van der Waals surface area contributed by atoms with E-state index in [-0.39, 0.29) is 18.2 Å². The summed E-state index contributed by atoms with van der Waals surface area (Å²) in [5, 5.41) is 6.98. The summed E-state index contributed by atoms with van der Waals surface area (Å²) in [5.74, 6) is -2.67. The van der Waals surface area contributed by atoms with E-state index in [0.29, 0.717) is 11.2 Å². The first-order valence-corrected chi connectivity index (χ1v) is 18.1. The Balaban J connectivity index is 1.71. The molecule has 51 heavy (non-hydrogen) atoms. The summed E-state index contributed by atoms with van der Waals surface area (Å²) in [7, 11) is -2.93. The lowest BCUT2D eigenvalue weighted by Gasteiger charge is -2.31. The van der Waals surface area contributed by atoms with Gasteiger partial charge in [-0.3, -0.25) is 18.9 Å². The summed E-state index contributed by atoms with van der Waals surface area (Å²) < 4.78 is 57.0. The van der Waals surface area contributed by atoms with Crippen molar-refractivity contribution in [2.45, 2.75) is 90.9 Å². The zero-order valence-electron chi connectivity index (χ0n) is 30.4. The van der Waals surface area contributed by atoms with E-state index in [1.165, 1.54) is 24.9 Å². The van der Waals surface area contributed by atoms with Gasteiger partial charge in [-0.1, -0.05) is 45.9 Å². The van der Waals surface area contributed by atoms with Gasteiger partial charge in [-0.05, 0) is 52.0 Å². The summed E-state index contributed by atoms with van der Waals surface area (Å²) in [4.78, 5) is 43.3. The van der Waals surface area contributed by atoms with Crippen LogP contribution in [0, 0.1) is 11.8 Å². The second-order valence-electron chi connectivity index (χ2n) is 13.6. The van der Waals surface area contributed by atoms with Gasteiger partial charge in [0.2, 0.25) is 0 Å². The van der Waals surface area contributed by atoms with Crippen LogP contribution in [-0.2, 0) is 52.8 Å². The molecule has 0 saturated carbocycles. The van der Waals surface area contributed by atoms with Gasteiger partial charge in [0.05, 0.1) is 29.7 Å². The summed E-state index contributed by atoms with van der Waals surface area (Å²) in [6, 6.07) is 10.4.